The summed E-state index contributed by atoms with van der Waals surface area (Å²) in [5.74, 6) is 1.78. The highest BCUT2D eigenvalue weighted by Crippen LogP contribution is 2.27. The summed E-state index contributed by atoms with van der Waals surface area (Å²) in [6.07, 6.45) is 0. The van der Waals surface area contributed by atoms with Crippen LogP contribution in [0, 0.1) is 13.8 Å². The van der Waals surface area contributed by atoms with Gasteiger partial charge in [-0.2, -0.15) is 4.98 Å². The molecule has 22 heavy (non-hydrogen) atoms. The van der Waals surface area contributed by atoms with Gasteiger partial charge in [-0.1, -0.05) is 35.5 Å². The van der Waals surface area contributed by atoms with Crippen molar-refractivity contribution in [2.75, 3.05) is 0 Å². The van der Waals surface area contributed by atoms with Crippen LogP contribution < -0.4 is 4.74 Å². The Balaban J connectivity index is 1.74. The fraction of sp³-hybridized carbons (Fsp3) is 0.176. The molecule has 0 saturated carbocycles. The maximum atomic E-state index is 5.71. The van der Waals surface area contributed by atoms with Gasteiger partial charge >= 0.3 is 0 Å². The number of nitrogens with zero attached hydrogens (tertiary/aromatic N) is 2. The van der Waals surface area contributed by atoms with Crippen LogP contribution in [0.3, 0.4) is 0 Å². The zero-order valence-electron chi connectivity index (χ0n) is 12.3. The Kier molecular flexibility index (Phi) is 4.24. The van der Waals surface area contributed by atoms with Crippen LogP contribution in [0.1, 0.15) is 17.0 Å². The first-order valence-corrected chi connectivity index (χ1v) is 7.70. The van der Waals surface area contributed by atoms with Gasteiger partial charge < -0.3 is 9.26 Å². The Labute approximate surface area is 137 Å². The van der Waals surface area contributed by atoms with Gasteiger partial charge in [0.1, 0.15) is 5.75 Å². The first-order chi connectivity index (χ1) is 10.6. The van der Waals surface area contributed by atoms with Crippen LogP contribution in [0.2, 0.25) is 0 Å². The number of hydrogen-bond donors (Lipinski definition) is 0. The summed E-state index contributed by atoms with van der Waals surface area (Å²) in [4.78, 5) is 4.39. The van der Waals surface area contributed by atoms with Crippen LogP contribution in [0.5, 0.6) is 5.75 Å². The summed E-state index contributed by atoms with van der Waals surface area (Å²) in [7, 11) is 0. The molecule has 5 heteroatoms. The van der Waals surface area contributed by atoms with Gasteiger partial charge in [0.25, 0.3) is 5.89 Å². The van der Waals surface area contributed by atoms with E-state index in [9.17, 15) is 0 Å². The van der Waals surface area contributed by atoms with Gasteiger partial charge in [-0.25, -0.2) is 0 Å². The second kappa shape index (κ2) is 6.32. The Morgan fingerprint density at radius 1 is 1.14 bits per heavy atom. The van der Waals surface area contributed by atoms with Crippen molar-refractivity contribution in [2.45, 2.75) is 20.5 Å². The van der Waals surface area contributed by atoms with Gasteiger partial charge in [-0.3, -0.25) is 0 Å². The minimum Gasteiger partial charge on any atom is -0.483 e. The molecule has 2 aromatic carbocycles. The van der Waals surface area contributed by atoms with Crippen LogP contribution in [0.4, 0.5) is 0 Å². The molecule has 1 aromatic heterocycles. The number of aromatic nitrogens is 2. The molecule has 0 radical (unpaired) electrons. The molecule has 0 atom stereocenters. The number of aryl methyl sites for hydroxylation is 2. The zero-order chi connectivity index (χ0) is 15.5. The molecule has 3 rings (SSSR count). The SMILES string of the molecule is Cc1ccc(OCc2nc(-c3ccccc3C)no2)c(Br)c1. The molecule has 0 N–H and O–H groups in total. The van der Waals surface area contributed by atoms with Crippen LogP contribution in [0.25, 0.3) is 11.4 Å². The molecular weight excluding hydrogens is 344 g/mol. The predicted octanol–water partition coefficient (Wildman–Crippen LogP) is 4.69. The molecule has 0 fully saturated rings. The van der Waals surface area contributed by atoms with Crippen molar-refractivity contribution in [1.29, 1.82) is 0 Å². The average Bonchev–Trinajstić information content (AvgIpc) is 2.95. The van der Waals surface area contributed by atoms with E-state index in [0.717, 1.165) is 21.3 Å². The number of halogens is 1. The minimum atomic E-state index is 0.237. The molecule has 0 aliphatic rings. The Morgan fingerprint density at radius 3 is 2.73 bits per heavy atom. The Bertz CT molecular complexity index is 799. The van der Waals surface area contributed by atoms with Gasteiger partial charge in [0.05, 0.1) is 4.47 Å². The maximum absolute atomic E-state index is 5.71. The lowest BCUT2D eigenvalue weighted by molar-refractivity contribution is 0.242. The fourth-order valence-electron chi connectivity index (χ4n) is 2.11. The molecule has 0 aliphatic heterocycles. The van der Waals surface area contributed by atoms with E-state index in [1.165, 1.54) is 5.56 Å². The highest BCUT2D eigenvalue weighted by Gasteiger charge is 2.11. The monoisotopic (exact) mass is 358 g/mol. The molecule has 4 nitrogen and oxygen atoms in total. The summed E-state index contributed by atoms with van der Waals surface area (Å²) >= 11 is 3.48. The third-order valence-corrected chi connectivity index (χ3v) is 3.91. The predicted molar refractivity (Wildman–Crippen MR) is 87.7 cm³/mol. The molecule has 0 bridgehead atoms. The lowest BCUT2D eigenvalue weighted by Crippen LogP contribution is -1.96. The highest BCUT2D eigenvalue weighted by molar-refractivity contribution is 9.10. The van der Waals surface area contributed by atoms with E-state index in [4.69, 9.17) is 9.26 Å². The summed E-state index contributed by atoms with van der Waals surface area (Å²) in [6, 6.07) is 13.8. The van der Waals surface area contributed by atoms with Crippen molar-refractivity contribution in [3.05, 3.63) is 64.0 Å². The van der Waals surface area contributed by atoms with Gasteiger partial charge in [0, 0.05) is 5.56 Å². The summed E-state index contributed by atoms with van der Waals surface area (Å²) in [5.41, 5.74) is 3.24. The molecule has 112 valence electrons. The topological polar surface area (TPSA) is 48.2 Å². The second-order valence-electron chi connectivity index (χ2n) is 5.05. The minimum absolute atomic E-state index is 0.237. The standard InChI is InChI=1S/C17H15BrN2O2/c1-11-7-8-15(14(18)9-11)21-10-16-19-17(20-22-16)13-6-4-3-5-12(13)2/h3-9H,10H2,1-2H3. The molecule has 0 amide bonds. The van der Waals surface area contributed by atoms with Crippen molar-refractivity contribution >= 4 is 15.9 Å². The molecule has 1 heterocycles. The highest BCUT2D eigenvalue weighted by atomic mass is 79.9. The maximum Gasteiger partial charge on any atom is 0.264 e. The third-order valence-electron chi connectivity index (χ3n) is 3.29. The number of ether oxygens (including phenoxy) is 1. The van der Waals surface area contributed by atoms with E-state index in [1.807, 2.05) is 56.3 Å². The number of rotatable bonds is 4. The van der Waals surface area contributed by atoms with E-state index >= 15 is 0 Å². The first kappa shape index (κ1) is 14.8. The van der Waals surface area contributed by atoms with Crippen LogP contribution in [-0.4, -0.2) is 10.1 Å². The Morgan fingerprint density at radius 2 is 1.95 bits per heavy atom. The third kappa shape index (κ3) is 3.20. The van der Waals surface area contributed by atoms with Crippen molar-refractivity contribution in [3.8, 4) is 17.1 Å². The fourth-order valence-corrected chi connectivity index (χ4v) is 2.72. The quantitative estimate of drug-likeness (QED) is 0.678. The smallest absolute Gasteiger partial charge is 0.264 e. The van der Waals surface area contributed by atoms with Crippen LogP contribution >= 0.6 is 15.9 Å². The van der Waals surface area contributed by atoms with Crippen molar-refractivity contribution < 1.29 is 9.26 Å². The second-order valence-corrected chi connectivity index (χ2v) is 5.90. The van der Waals surface area contributed by atoms with E-state index in [1.54, 1.807) is 0 Å². The molecule has 3 aromatic rings. The number of benzene rings is 2. The van der Waals surface area contributed by atoms with E-state index in [0.29, 0.717) is 11.7 Å². The lowest BCUT2D eigenvalue weighted by atomic mass is 10.1. The number of hydrogen-bond acceptors (Lipinski definition) is 4. The molecule has 0 aliphatic carbocycles. The molecule has 0 unspecified atom stereocenters. The van der Waals surface area contributed by atoms with Crippen LogP contribution in [-0.2, 0) is 6.61 Å². The van der Waals surface area contributed by atoms with Gasteiger partial charge in [0.15, 0.2) is 6.61 Å². The zero-order valence-corrected chi connectivity index (χ0v) is 13.9. The van der Waals surface area contributed by atoms with Gasteiger partial charge in [-0.15, -0.1) is 0 Å². The van der Waals surface area contributed by atoms with Gasteiger partial charge in [-0.05, 0) is 53.0 Å². The van der Waals surface area contributed by atoms with E-state index in [-0.39, 0.29) is 6.61 Å². The average molecular weight is 359 g/mol. The summed E-state index contributed by atoms with van der Waals surface area (Å²) < 4.78 is 11.9. The van der Waals surface area contributed by atoms with E-state index in [2.05, 4.69) is 26.1 Å². The largest absolute Gasteiger partial charge is 0.483 e. The Hall–Kier alpha value is -2.14. The van der Waals surface area contributed by atoms with Crippen molar-refractivity contribution in [1.82, 2.24) is 10.1 Å². The van der Waals surface area contributed by atoms with E-state index < -0.39 is 0 Å². The summed E-state index contributed by atoms with van der Waals surface area (Å²) in [6.45, 7) is 4.28. The normalized spacial score (nSPS) is 10.7. The van der Waals surface area contributed by atoms with Crippen molar-refractivity contribution in [2.24, 2.45) is 0 Å². The molecule has 0 spiro atoms. The molecule has 0 saturated heterocycles. The summed E-state index contributed by atoms with van der Waals surface area (Å²) in [5, 5.41) is 4.02. The van der Waals surface area contributed by atoms with Gasteiger partial charge in [0.2, 0.25) is 5.82 Å². The van der Waals surface area contributed by atoms with Crippen LogP contribution in [0.15, 0.2) is 51.5 Å². The lowest BCUT2D eigenvalue weighted by Gasteiger charge is -2.06. The van der Waals surface area contributed by atoms with Crippen molar-refractivity contribution in [3.63, 3.8) is 0 Å². The molecular formula is C17H15BrN2O2. The first-order valence-electron chi connectivity index (χ1n) is 6.91.